The van der Waals surface area contributed by atoms with E-state index in [4.69, 9.17) is 11.6 Å². The van der Waals surface area contributed by atoms with Crippen LogP contribution in [0.15, 0.2) is 53.4 Å². The summed E-state index contributed by atoms with van der Waals surface area (Å²) in [6, 6.07) is 11.9. The van der Waals surface area contributed by atoms with Gasteiger partial charge in [0.1, 0.15) is 0 Å². The smallest absolute Gasteiger partial charge is 0.264 e. The van der Waals surface area contributed by atoms with E-state index in [1.54, 1.807) is 43.0 Å². The summed E-state index contributed by atoms with van der Waals surface area (Å²) < 4.78 is 26.8. The van der Waals surface area contributed by atoms with Crippen molar-refractivity contribution in [1.29, 1.82) is 0 Å². The SMILES string of the molecule is CCC(=O)NS(=O)(=O)c1cccc(C(=O)NC(C)[C@@H](C)C(=O)N2CC[C@](O)(c3ccc(Cl)cc3)C(C)(C)C2)c1. The van der Waals surface area contributed by atoms with Gasteiger partial charge in [0.2, 0.25) is 11.8 Å². The maximum Gasteiger partial charge on any atom is 0.264 e. The third kappa shape index (κ3) is 6.62. The van der Waals surface area contributed by atoms with Crippen molar-refractivity contribution in [2.45, 2.75) is 64.0 Å². The number of likely N-dealkylation sites (tertiary alicyclic amines) is 1. The van der Waals surface area contributed by atoms with Gasteiger partial charge in [-0.2, -0.15) is 0 Å². The lowest BCUT2D eigenvalue weighted by Crippen LogP contribution is -2.58. The van der Waals surface area contributed by atoms with Gasteiger partial charge in [-0.25, -0.2) is 13.1 Å². The van der Waals surface area contributed by atoms with E-state index in [1.165, 1.54) is 31.2 Å². The number of halogens is 1. The third-order valence-electron chi connectivity index (χ3n) is 7.56. The molecule has 2 aromatic rings. The van der Waals surface area contributed by atoms with Crippen LogP contribution in [-0.2, 0) is 25.2 Å². The third-order valence-corrected chi connectivity index (χ3v) is 9.18. The molecule has 1 unspecified atom stereocenters. The Morgan fingerprint density at radius 1 is 1.10 bits per heavy atom. The summed E-state index contributed by atoms with van der Waals surface area (Å²) in [5.74, 6) is -1.94. The topological polar surface area (TPSA) is 133 Å². The number of nitrogens with one attached hydrogen (secondary N) is 2. The molecule has 0 radical (unpaired) electrons. The van der Waals surface area contributed by atoms with E-state index in [-0.39, 0.29) is 22.8 Å². The number of rotatable bonds is 8. The molecule has 2 aromatic carbocycles. The Balaban J connectivity index is 1.68. The van der Waals surface area contributed by atoms with Gasteiger partial charge in [0.05, 0.1) is 16.4 Å². The first kappa shape index (κ1) is 30.6. The van der Waals surface area contributed by atoms with Crippen LogP contribution in [0.25, 0.3) is 0 Å². The summed E-state index contributed by atoms with van der Waals surface area (Å²) in [7, 11) is -4.11. The highest BCUT2D eigenvalue weighted by molar-refractivity contribution is 7.90. The first-order valence-electron chi connectivity index (χ1n) is 12.8. The minimum absolute atomic E-state index is 0.00253. The van der Waals surface area contributed by atoms with Crippen molar-refractivity contribution in [3.63, 3.8) is 0 Å². The van der Waals surface area contributed by atoms with Gasteiger partial charge >= 0.3 is 0 Å². The van der Waals surface area contributed by atoms with Gasteiger partial charge in [0.15, 0.2) is 0 Å². The van der Waals surface area contributed by atoms with E-state index in [0.29, 0.717) is 24.5 Å². The molecule has 1 fully saturated rings. The fraction of sp³-hybridized carbons (Fsp3) is 0.464. The van der Waals surface area contributed by atoms with Crippen LogP contribution in [0.4, 0.5) is 0 Å². The molecule has 1 saturated heterocycles. The van der Waals surface area contributed by atoms with E-state index < -0.39 is 44.8 Å². The Morgan fingerprint density at radius 3 is 2.33 bits per heavy atom. The second-order valence-corrected chi connectivity index (χ2v) is 12.8. The van der Waals surface area contributed by atoms with E-state index in [2.05, 4.69) is 5.32 Å². The van der Waals surface area contributed by atoms with Crippen LogP contribution < -0.4 is 10.0 Å². The molecular weight excluding hydrogens is 542 g/mol. The molecule has 3 amide bonds. The lowest BCUT2D eigenvalue weighted by atomic mass is 9.66. The molecule has 9 nitrogen and oxygen atoms in total. The average molecular weight is 578 g/mol. The van der Waals surface area contributed by atoms with E-state index in [0.717, 1.165) is 5.56 Å². The number of nitrogens with zero attached hydrogens (tertiary/aromatic N) is 1. The molecule has 1 heterocycles. The highest BCUT2D eigenvalue weighted by Gasteiger charge is 2.50. The van der Waals surface area contributed by atoms with Crippen molar-refractivity contribution >= 4 is 39.3 Å². The largest absolute Gasteiger partial charge is 0.384 e. The second kappa shape index (κ2) is 11.7. The normalized spacial score (nSPS) is 20.5. The summed E-state index contributed by atoms with van der Waals surface area (Å²) in [6.45, 7) is 9.46. The van der Waals surface area contributed by atoms with E-state index >= 15 is 0 Å². The van der Waals surface area contributed by atoms with Gasteiger partial charge < -0.3 is 15.3 Å². The van der Waals surface area contributed by atoms with Crippen LogP contribution in [0.5, 0.6) is 0 Å². The molecule has 212 valence electrons. The molecule has 11 heteroatoms. The Bertz CT molecular complexity index is 1350. The van der Waals surface area contributed by atoms with Crippen molar-refractivity contribution < 1.29 is 27.9 Å². The zero-order valence-electron chi connectivity index (χ0n) is 22.8. The van der Waals surface area contributed by atoms with Gasteiger partial charge in [-0.05, 0) is 49.2 Å². The van der Waals surface area contributed by atoms with Gasteiger partial charge in [0, 0.05) is 41.6 Å². The summed E-state index contributed by atoms with van der Waals surface area (Å²) in [5.41, 5.74) is -0.962. The summed E-state index contributed by atoms with van der Waals surface area (Å²) in [5, 5.41) is 15.0. The number of amides is 3. The van der Waals surface area contributed by atoms with Crippen molar-refractivity contribution in [3.8, 4) is 0 Å². The zero-order chi connectivity index (χ0) is 29.2. The van der Waals surface area contributed by atoms with E-state index in [9.17, 15) is 27.9 Å². The second-order valence-electron chi connectivity index (χ2n) is 10.7. The summed E-state index contributed by atoms with van der Waals surface area (Å²) in [6.07, 6.45) is 0.341. The standard InChI is InChI=1S/C28H36ClN3O6S/c1-6-24(33)31-39(37,38)23-9-7-8-20(16-23)25(34)30-19(3)18(2)26(35)32-15-14-28(36,27(4,5)17-32)21-10-12-22(29)13-11-21/h7-13,16,18-19,36H,6,14-15,17H2,1-5H3,(H,30,34)(H,31,33)/t18-,19?,28+/m1/s1. The van der Waals surface area contributed by atoms with Crippen LogP contribution in [0.3, 0.4) is 0 Å². The lowest BCUT2D eigenvalue weighted by Gasteiger charge is -2.51. The molecular formula is C28H36ClN3O6S. The number of benzene rings is 2. The van der Waals surface area contributed by atoms with Crippen LogP contribution in [0, 0.1) is 11.3 Å². The van der Waals surface area contributed by atoms with Crippen molar-refractivity contribution in [2.24, 2.45) is 11.3 Å². The van der Waals surface area contributed by atoms with Crippen LogP contribution in [-0.4, -0.2) is 55.3 Å². The number of hydrogen-bond acceptors (Lipinski definition) is 6. The van der Waals surface area contributed by atoms with E-state index in [1.807, 2.05) is 18.6 Å². The minimum Gasteiger partial charge on any atom is -0.384 e. The quantitative estimate of drug-likeness (QED) is 0.440. The van der Waals surface area contributed by atoms with Gasteiger partial charge in [-0.1, -0.05) is 57.5 Å². The first-order chi connectivity index (χ1) is 18.1. The fourth-order valence-corrected chi connectivity index (χ4v) is 6.00. The predicted molar refractivity (Wildman–Crippen MR) is 148 cm³/mol. The molecule has 0 spiro atoms. The maximum absolute atomic E-state index is 13.4. The maximum atomic E-state index is 13.4. The highest BCUT2D eigenvalue weighted by Crippen LogP contribution is 2.46. The molecule has 0 aliphatic carbocycles. The first-order valence-corrected chi connectivity index (χ1v) is 14.7. The van der Waals surface area contributed by atoms with Gasteiger partial charge in [-0.15, -0.1) is 0 Å². The highest BCUT2D eigenvalue weighted by atomic mass is 35.5. The monoisotopic (exact) mass is 577 g/mol. The molecule has 0 bridgehead atoms. The molecule has 3 rings (SSSR count). The van der Waals surface area contributed by atoms with Crippen LogP contribution in [0.2, 0.25) is 5.02 Å². The minimum atomic E-state index is -4.11. The van der Waals surface area contributed by atoms with Gasteiger partial charge in [0.25, 0.3) is 15.9 Å². The number of aliphatic hydroxyl groups is 1. The van der Waals surface area contributed by atoms with Crippen molar-refractivity contribution in [1.82, 2.24) is 14.9 Å². The van der Waals surface area contributed by atoms with Crippen LogP contribution >= 0.6 is 11.6 Å². The van der Waals surface area contributed by atoms with Crippen LogP contribution in [0.1, 0.15) is 63.4 Å². The predicted octanol–water partition coefficient (Wildman–Crippen LogP) is 3.46. The lowest BCUT2D eigenvalue weighted by molar-refractivity contribution is -0.156. The molecule has 0 aromatic heterocycles. The molecule has 0 saturated carbocycles. The zero-order valence-corrected chi connectivity index (χ0v) is 24.4. The van der Waals surface area contributed by atoms with Crippen molar-refractivity contribution in [2.75, 3.05) is 13.1 Å². The number of carbonyl (C=O) groups is 3. The molecule has 3 atom stereocenters. The Labute approximate surface area is 235 Å². The summed E-state index contributed by atoms with van der Waals surface area (Å²) >= 11 is 6.02. The Kier molecular flexibility index (Phi) is 9.14. The number of hydrogen-bond donors (Lipinski definition) is 3. The average Bonchev–Trinajstić information content (AvgIpc) is 2.89. The molecule has 39 heavy (non-hydrogen) atoms. The number of piperidine rings is 1. The number of sulfonamides is 1. The molecule has 3 N–H and O–H groups in total. The molecule has 1 aliphatic heterocycles. The van der Waals surface area contributed by atoms with Crippen molar-refractivity contribution in [3.05, 3.63) is 64.7 Å². The van der Waals surface area contributed by atoms with Gasteiger partial charge in [-0.3, -0.25) is 14.4 Å². The molecule has 1 aliphatic rings. The Hall–Kier alpha value is -2.95. The Morgan fingerprint density at radius 2 is 1.74 bits per heavy atom. The summed E-state index contributed by atoms with van der Waals surface area (Å²) in [4.78, 5) is 39.4. The fourth-order valence-electron chi connectivity index (χ4n) is 4.77. The number of carbonyl (C=O) groups excluding carboxylic acids is 3.